The first-order valence-corrected chi connectivity index (χ1v) is 10.5. The van der Waals surface area contributed by atoms with Gasteiger partial charge in [0.1, 0.15) is 24.0 Å². The lowest BCUT2D eigenvalue weighted by atomic mass is 10.1. The molecule has 0 atom stereocenters. The van der Waals surface area contributed by atoms with Gasteiger partial charge in [-0.25, -0.2) is 4.39 Å². The molecule has 2 aromatic carbocycles. The lowest BCUT2D eigenvalue weighted by Crippen LogP contribution is -2.43. The minimum atomic E-state index is -0.327. The van der Waals surface area contributed by atoms with Crippen LogP contribution in [-0.4, -0.2) is 39.6 Å². The van der Waals surface area contributed by atoms with Crippen molar-refractivity contribution in [2.45, 2.75) is 25.5 Å². The summed E-state index contributed by atoms with van der Waals surface area (Å²) < 4.78 is 22.6. The Labute approximate surface area is 171 Å². The summed E-state index contributed by atoms with van der Waals surface area (Å²) in [7, 11) is 0. The van der Waals surface area contributed by atoms with Gasteiger partial charge in [-0.1, -0.05) is 35.6 Å². The van der Waals surface area contributed by atoms with Crippen LogP contribution in [0.25, 0.3) is 21.1 Å². The molecule has 4 aromatic rings. The molecule has 0 bridgehead atoms. The molecule has 5 nitrogen and oxygen atoms in total. The van der Waals surface area contributed by atoms with Crippen molar-refractivity contribution in [2.75, 3.05) is 13.1 Å². The molecule has 1 aliphatic rings. The summed E-state index contributed by atoms with van der Waals surface area (Å²) in [5, 5.41) is 1.63. The number of rotatable bonds is 4. The van der Waals surface area contributed by atoms with Gasteiger partial charge in [0.05, 0.1) is 4.70 Å². The van der Waals surface area contributed by atoms with Crippen molar-refractivity contribution >= 4 is 38.4 Å². The summed E-state index contributed by atoms with van der Waals surface area (Å²) in [6.07, 6.45) is 3.45. The van der Waals surface area contributed by atoms with E-state index in [9.17, 15) is 9.18 Å². The number of hydrogen-bond donors (Lipinski definition) is 0. The fourth-order valence-electron chi connectivity index (χ4n) is 3.83. The Kier molecular flexibility index (Phi) is 4.67. The highest BCUT2D eigenvalue weighted by molar-refractivity contribution is 7.20. The minimum absolute atomic E-state index is 0.00455. The van der Waals surface area contributed by atoms with E-state index in [0.29, 0.717) is 30.3 Å². The highest BCUT2D eigenvalue weighted by Crippen LogP contribution is 2.31. The van der Waals surface area contributed by atoms with Crippen LogP contribution in [0, 0.1) is 5.82 Å². The van der Waals surface area contributed by atoms with E-state index in [1.807, 2.05) is 52.1 Å². The molecule has 2 aromatic heterocycles. The average molecular weight is 409 g/mol. The number of nitrogens with zero attached hydrogens (tertiary/aromatic N) is 3. The summed E-state index contributed by atoms with van der Waals surface area (Å²) in [6, 6.07) is 15.0. The fourth-order valence-corrected chi connectivity index (χ4v) is 4.73. The standard InChI is InChI=1S/C22H20FN3O2S/c23-17-5-3-7-19-21(17)24-22(29-19)28-16-9-12-25(13-10-16)20(27)14-26-11-8-15-4-1-2-6-18(15)26/h1-8,11,16H,9-10,12-14H2. The maximum absolute atomic E-state index is 13.8. The molecule has 0 aliphatic carbocycles. The van der Waals surface area contributed by atoms with Crippen LogP contribution in [0.2, 0.25) is 0 Å². The Morgan fingerprint density at radius 1 is 1.14 bits per heavy atom. The summed E-state index contributed by atoms with van der Waals surface area (Å²) >= 11 is 1.36. The molecule has 1 amide bonds. The van der Waals surface area contributed by atoms with E-state index in [2.05, 4.69) is 4.98 Å². The van der Waals surface area contributed by atoms with Crippen molar-refractivity contribution in [3.05, 3.63) is 60.5 Å². The predicted molar refractivity (Wildman–Crippen MR) is 112 cm³/mol. The molecule has 3 heterocycles. The number of halogens is 1. The second kappa shape index (κ2) is 7.48. The van der Waals surface area contributed by atoms with E-state index >= 15 is 0 Å². The number of aromatic nitrogens is 2. The molecule has 1 saturated heterocycles. The zero-order valence-electron chi connectivity index (χ0n) is 15.8. The summed E-state index contributed by atoms with van der Waals surface area (Å²) in [6.45, 7) is 1.65. The van der Waals surface area contributed by atoms with Crippen molar-refractivity contribution in [3.63, 3.8) is 0 Å². The van der Waals surface area contributed by atoms with Crippen molar-refractivity contribution in [2.24, 2.45) is 0 Å². The predicted octanol–water partition coefficient (Wildman–Crippen LogP) is 4.46. The summed E-state index contributed by atoms with van der Waals surface area (Å²) in [4.78, 5) is 18.9. The van der Waals surface area contributed by atoms with Gasteiger partial charge in [0.25, 0.3) is 5.19 Å². The molecule has 0 saturated carbocycles. The number of carbonyl (C=O) groups excluding carboxylic acids is 1. The largest absolute Gasteiger partial charge is 0.467 e. The number of amides is 1. The van der Waals surface area contributed by atoms with Gasteiger partial charge >= 0.3 is 0 Å². The Balaban J connectivity index is 1.19. The fraction of sp³-hybridized carbons (Fsp3) is 0.273. The van der Waals surface area contributed by atoms with E-state index in [4.69, 9.17) is 4.74 Å². The average Bonchev–Trinajstić information content (AvgIpc) is 3.33. The minimum Gasteiger partial charge on any atom is -0.467 e. The zero-order chi connectivity index (χ0) is 19.8. The topological polar surface area (TPSA) is 47.4 Å². The second-order valence-corrected chi connectivity index (χ2v) is 8.26. The Bertz CT molecular complexity index is 1180. The lowest BCUT2D eigenvalue weighted by Gasteiger charge is -2.31. The van der Waals surface area contributed by atoms with Gasteiger partial charge in [0.15, 0.2) is 0 Å². The molecule has 148 valence electrons. The van der Waals surface area contributed by atoms with E-state index in [1.54, 1.807) is 6.07 Å². The van der Waals surface area contributed by atoms with Crippen LogP contribution < -0.4 is 4.74 Å². The van der Waals surface area contributed by atoms with Crippen LogP contribution >= 0.6 is 11.3 Å². The van der Waals surface area contributed by atoms with E-state index in [-0.39, 0.29) is 17.8 Å². The number of carbonyl (C=O) groups is 1. The third kappa shape index (κ3) is 3.58. The molecule has 7 heteroatoms. The van der Waals surface area contributed by atoms with Crippen molar-refractivity contribution in [3.8, 4) is 5.19 Å². The zero-order valence-corrected chi connectivity index (χ0v) is 16.6. The molecule has 0 spiro atoms. The highest BCUT2D eigenvalue weighted by Gasteiger charge is 2.25. The van der Waals surface area contributed by atoms with E-state index < -0.39 is 0 Å². The number of benzene rings is 2. The summed E-state index contributed by atoms with van der Waals surface area (Å²) in [5.41, 5.74) is 1.43. The van der Waals surface area contributed by atoms with Crippen molar-refractivity contribution in [1.82, 2.24) is 14.5 Å². The Morgan fingerprint density at radius 2 is 1.97 bits per heavy atom. The number of piperidine rings is 1. The van der Waals surface area contributed by atoms with Gasteiger partial charge in [-0.2, -0.15) is 4.98 Å². The van der Waals surface area contributed by atoms with Crippen LogP contribution in [0.4, 0.5) is 4.39 Å². The first-order chi connectivity index (χ1) is 14.2. The van der Waals surface area contributed by atoms with Gasteiger partial charge in [-0.15, -0.1) is 0 Å². The SMILES string of the molecule is O=C(Cn1ccc2ccccc21)N1CCC(Oc2nc3c(F)cccc3s2)CC1. The molecule has 1 fully saturated rings. The maximum atomic E-state index is 13.8. The van der Waals surface area contributed by atoms with Gasteiger partial charge in [-0.3, -0.25) is 4.79 Å². The molecule has 0 unspecified atom stereocenters. The van der Waals surface area contributed by atoms with Crippen LogP contribution in [0.15, 0.2) is 54.7 Å². The van der Waals surface area contributed by atoms with Crippen LogP contribution in [0.1, 0.15) is 12.8 Å². The quantitative estimate of drug-likeness (QED) is 0.500. The second-order valence-electron chi connectivity index (χ2n) is 7.27. The van der Waals surface area contributed by atoms with Crippen molar-refractivity contribution < 1.29 is 13.9 Å². The number of ether oxygens (including phenoxy) is 1. The smallest absolute Gasteiger partial charge is 0.274 e. The summed E-state index contributed by atoms with van der Waals surface area (Å²) in [5.74, 6) is -0.210. The Morgan fingerprint density at radius 3 is 2.79 bits per heavy atom. The molecule has 0 radical (unpaired) electrons. The highest BCUT2D eigenvalue weighted by atomic mass is 32.1. The van der Waals surface area contributed by atoms with Gasteiger partial charge < -0.3 is 14.2 Å². The lowest BCUT2D eigenvalue weighted by molar-refractivity contribution is -0.133. The van der Waals surface area contributed by atoms with Gasteiger partial charge in [0, 0.05) is 37.6 Å². The monoisotopic (exact) mass is 409 g/mol. The van der Waals surface area contributed by atoms with Crippen LogP contribution in [0.5, 0.6) is 5.19 Å². The van der Waals surface area contributed by atoms with E-state index in [0.717, 1.165) is 28.4 Å². The van der Waals surface area contributed by atoms with Gasteiger partial charge in [0.2, 0.25) is 5.91 Å². The molecule has 1 aliphatic heterocycles. The molecular weight excluding hydrogens is 389 g/mol. The van der Waals surface area contributed by atoms with Gasteiger partial charge in [-0.05, 0) is 29.7 Å². The van der Waals surface area contributed by atoms with E-state index in [1.165, 1.54) is 17.4 Å². The molecule has 29 heavy (non-hydrogen) atoms. The number of hydrogen-bond acceptors (Lipinski definition) is 4. The van der Waals surface area contributed by atoms with Crippen molar-refractivity contribution in [1.29, 1.82) is 0 Å². The number of likely N-dealkylation sites (tertiary alicyclic amines) is 1. The van der Waals surface area contributed by atoms with Crippen LogP contribution in [-0.2, 0) is 11.3 Å². The third-order valence-electron chi connectivity index (χ3n) is 5.40. The van der Waals surface area contributed by atoms with Crippen LogP contribution in [0.3, 0.4) is 0 Å². The molecule has 5 rings (SSSR count). The molecule has 0 N–H and O–H groups in total. The third-order valence-corrected chi connectivity index (χ3v) is 6.31. The number of fused-ring (bicyclic) bond motifs is 2. The number of thiazole rings is 1. The normalized spacial score (nSPS) is 15.3. The molecular formula is C22H20FN3O2S. The maximum Gasteiger partial charge on any atom is 0.274 e. The Hall–Kier alpha value is -2.93. The first-order valence-electron chi connectivity index (χ1n) is 9.71. The number of para-hydroxylation sites is 2. The first kappa shape index (κ1) is 18.1.